The number of hydrogen-bond acceptors (Lipinski definition) is 4. The average Bonchev–Trinajstić information content (AvgIpc) is 2.46. The lowest BCUT2D eigenvalue weighted by Crippen LogP contribution is -2.44. The number of hydrogen-bond donors (Lipinski definition) is 1. The fourth-order valence-electron chi connectivity index (χ4n) is 2.00. The van der Waals surface area contributed by atoms with Crippen LogP contribution in [-0.4, -0.2) is 43.8 Å². The van der Waals surface area contributed by atoms with Gasteiger partial charge in [0.25, 0.3) is 0 Å². The van der Waals surface area contributed by atoms with Gasteiger partial charge in [0.15, 0.2) is 0 Å². The summed E-state index contributed by atoms with van der Waals surface area (Å²) in [7, 11) is 0. The second-order valence-electron chi connectivity index (χ2n) is 4.59. The summed E-state index contributed by atoms with van der Waals surface area (Å²) in [6.45, 7) is 6.09. The van der Waals surface area contributed by atoms with Gasteiger partial charge in [-0.25, -0.2) is 0 Å². The molecule has 0 aromatic heterocycles. The summed E-state index contributed by atoms with van der Waals surface area (Å²) < 4.78 is 5.36. The second kappa shape index (κ2) is 6.52. The topological polar surface area (TPSA) is 41.6 Å². The molecule has 4 heteroatoms. The highest BCUT2D eigenvalue weighted by atomic mass is 16.5. The van der Waals surface area contributed by atoms with Gasteiger partial charge in [-0.3, -0.25) is 9.69 Å². The van der Waals surface area contributed by atoms with Gasteiger partial charge in [0, 0.05) is 26.2 Å². The average molecular weight is 248 g/mol. The Morgan fingerprint density at radius 2 is 2.00 bits per heavy atom. The van der Waals surface area contributed by atoms with E-state index in [4.69, 9.17) is 4.74 Å². The lowest BCUT2D eigenvalue weighted by molar-refractivity contribution is -0.150. The Labute approximate surface area is 108 Å². The number of piperazine rings is 1. The van der Waals surface area contributed by atoms with Gasteiger partial charge in [-0.05, 0) is 12.5 Å². The molecule has 1 aromatic rings. The monoisotopic (exact) mass is 248 g/mol. The minimum atomic E-state index is -0.200. The largest absolute Gasteiger partial charge is 0.449 e. The molecule has 1 atom stereocenters. The molecule has 0 aliphatic carbocycles. The van der Waals surface area contributed by atoms with Crippen molar-refractivity contribution in [2.24, 2.45) is 0 Å². The number of nitrogens with zero attached hydrogens (tertiary/aromatic N) is 1. The van der Waals surface area contributed by atoms with Crippen LogP contribution in [0.15, 0.2) is 30.3 Å². The Kier molecular flexibility index (Phi) is 4.73. The fraction of sp³-hybridized carbons (Fsp3) is 0.500. The van der Waals surface area contributed by atoms with E-state index >= 15 is 0 Å². The molecule has 0 amide bonds. The smallest absolute Gasteiger partial charge is 0.314 e. The van der Waals surface area contributed by atoms with E-state index in [0.29, 0.717) is 6.73 Å². The van der Waals surface area contributed by atoms with Crippen LogP contribution in [0.1, 0.15) is 18.4 Å². The van der Waals surface area contributed by atoms with Crippen molar-refractivity contribution in [2.75, 3.05) is 32.9 Å². The number of nitrogens with one attached hydrogen (secondary N) is 1. The van der Waals surface area contributed by atoms with Crippen molar-refractivity contribution in [1.82, 2.24) is 10.2 Å². The number of ether oxygens (including phenoxy) is 1. The van der Waals surface area contributed by atoms with Crippen LogP contribution in [0.25, 0.3) is 0 Å². The highest BCUT2D eigenvalue weighted by Gasteiger charge is 2.18. The second-order valence-corrected chi connectivity index (χ2v) is 4.59. The zero-order chi connectivity index (χ0) is 12.8. The van der Waals surface area contributed by atoms with Gasteiger partial charge < -0.3 is 10.1 Å². The highest BCUT2D eigenvalue weighted by Crippen LogP contribution is 2.16. The fourth-order valence-corrected chi connectivity index (χ4v) is 2.00. The number of esters is 1. The molecule has 1 aliphatic rings. The summed E-state index contributed by atoms with van der Waals surface area (Å²) in [5, 5.41) is 3.27. The molecule has 1 saturated heterocycles. The molecular formula is C14H20N2O2. The van der Waals surface area contributed by atoms with E-state index in [2.05, 4.69) is 10.2 Å². The van der Waals surface area contributed by atoms with Crippen molar-refractivity contribution >= 4 is 5.97 Å². The molecule has 0 bridgehead atoms. The van der Waals surface area contributed by atoms with Crippen molar-refractivity contribution in [3.05, 3.63) is 35.9 Å². The third kappa shape index (κ3) is 3.55. The third-order valence-corrected chi connectivity index (χ3v) is 3.25. The molecule has 2 rings (SSSR count). The van der Waals surface area contributed by atoms with Crippen molar-refractivity contribution in [3.8, 4) is 0 Å². The van der Waals surface area contributed by atoms with Gasteiger partial charge >= 0.3 is 5.97 Å². The lowest BCUT2D eigenvalue weighted by atomic mass is 10.0. The molecule has 4 nitrogen and oxygen atoms in total. The summed E-state index contributed by atoms with van der Waals surface area (Å²) in [5.74, 6) is -0.353. The summed E-state index contributed by atoms with van der Waals surface area (Å²) in [6.07, 6.45) is 0. The maximum absolute atomic E-state index is 11.9. The molecule has 1 N–H and O–H groups in total. The summed E-state index contributed by atoms with van der Waals surface area (Å²) in [4.78, 5) is 14.1. The van der Waals surface area contributed by atoms with E-state index in [1.807, 2.05) is 37.3 Å². The van der Waals surface area contributed by atoms with Gasteiger partial charge in [-0.1, -0.05) is 30.3 Å². The minimum absolute atomic E-state index is 0.153. The van der Waals surface area contributed by atoms with Crippen molar-refractivity contribution in [1.29, 1.82) is 0 Å². The number of carbonyl (C=O) groups is 1. The predicted molar refractivity (Wildman–Crippen MR) is 70.3 cm³/mol. The molecule has 0 saturated carbocycles. The summed E-state index contributed by atoms with van der Waals surface area (Å²) in [5.41, 5.74) is 1.00. The molecule has 98 valence electrons. The van der Waals surface area contributed by atoms with Crippen molar-refractivity contribution in [2.45, 2.75) is 12.8 Å². The van der Waals surface area contributed by atoms with Crippen LogP contribution in [0.4, 0.5) is 0 Å². The molecule has 1 heterocycles. The Balaban J connectivity index is 1.80. The Morgan fingerprint density at radius 3 is 2.67 bits per heavy atom. The molecule has 1 aromatic carbocycles. The molecule has 1 aliphatic heterocycles. The zero-order valence-corrected chi connectivity index (χ0v) is 10.8. The first-order chi connectivity index (χ1) is 8.77. The third-order valence-electron chi connectivity index (χ3n) is 3.25. The van der Waals surface area contributed by atoms with Crippen molar-refractivity contribution < 1.29 is 9.53 Å². The molecular weight excluding hydrogens is 228 g/mol. The Bertz CT molecular complexity index is 375. The first kappa shape index (κ1) is 13.1. The predicted octanol–water partition coefficient (Wildman–Crippen LogP) is 1.20. The summed E-state index contributed by atoms with van der Waals surface area (Å²) >= 11 is 0. The number of rotatable bonds is 4. The molecule has 18 heavy (non-hydrogen) atoms. The first-order valence-corrected chi connectivity index (χ1v) is 6.42. The summed E-state index contributed by atoms with van der Waals surface area (Å²) in [6, 6.07) is 9.74. The van der Waals surface area contributed by atoms with Gasteiger partial charge in [0.2, 0.25) is 0 Å². The van der Waals surface area contributed by atoms with Crippen LogP contribution in [0.2, 0.25) is 0 Å². The van der Waals surface area contributed by atoms with Gasteiger partial charge in [0.1, 0.15) is 6.73 Å². The standard InChI is InChI=1S/C14H20N2O2/c1-12(13-5-3-2-4-6-13)14(17)18-11-16-9-7-15-8-10-16/h2-6,12,15H,7-11H2,1H3. The number of carbonyl (C=O) groups excluding carboxylic acids is 1. The normalized spacial score (nSPS) is 18.3. The van der Waals surface area contributed by atoms with Crippen LogP contribution in [0, 0.1) is 0 Å². The van der Waals surface area contributed by atoms with E-state index in [9.17, 15) is 4.79 Å². The number of benzene rings is 1. The van der Waals surface area contributed by atoms with E-state index in [0.717, 1.165) is 31.7 Å². The van der Waals surface area contributed by atoms with Crippen LogP contribution in [0.3, 0.4) is 0 Å². The van der Waals surface area contributed by atoms with E-state index in [-0.39, 0.29) is 11.9 Å². The van der Waals surface area contributed by atoms with Crippen LogP contribution in [-0.2, 0) is 9.53 Å². The lowest BCUT2D eigenvalue weighted by Gasteiger charge is -2.27. The minimum Gasteiger partial charge on any atom is -0.449 e. The first-order valence-electron chi connectivity index (χ1n) is 6.42. The highest BCUT2D eigenvalue weighted by molar-refractivity contribution is 5.77. The van der Waals surface area contributed by atoms with E-state index < -0.39 is 0 Å². The Morgan fingerprint density at radius 1 is 1.33 bits per heavy atom. The van der Waals surface area contributed by atoms with Crippen molar-refractivity contribution in [3.63, 3.8) is 0 Å². The molecule has 1 unspecified atom stereocenters. The molecule has 0 spiro atoms. The quantitative estimate of drug-likeness (QED) is 0.813. The van der Waals surface area contributed by atoms with Gasteiger partial charge in [0.05, 0.1) is 5.92 Å². The molecule has 1 fully saturated rings. The maximum atomic E-state index is 11.9. The van der Waals surface area contributed by atoms with E-state index in [1.54, 1.807) is 0 Å². The zero-order valence-electron chi connectivity index (χ0n) is 10.8. The van der Waals surface area contributed by atoms with E-state index in [1.165, 1.54) is 0 Å². The Hall–Kier alpha value is -1.39. The van der Waals surface area contributed by atoms with Crippen LogP contribution >= 0.6 is 0 Å². The maximum Gasteiger partial charge on any atom is 0.314 e. The van der Waals surface area contributed by atoms with Gasteiger partial charge in [-0.2, -0.15) is 0 Å². The SMILES string of the molecule is CC(C(=O)OCN1CCNCC1)c1ccccc1. The molecule has 0 radical (unpaired) electrons. The van der Waals surface area contributed by atoms with Crippen LogP contribution < -0.4 is 5.32 Å². The van der Waals surface area contributed by atoms with Gasteiger partial charge in [-0.15, -0.1) is 0 Å². The van der Waals surface area contributed by atoms with Crippen LogP contribution in [0.5, 0.6) is 0 Å².